The molecule has 0 bridgehead atoms. The first-order valence-corrected chi connectivity index (χ1v) is 9.43. The lowest BCUT2D eigenvalue weighted by molar-refractivity contribution is -0.137. The number of fused-ring (bicyclic) bond motifs is 1. The topological polar surface area (TPSA) is 72.6 Å². The number of halogens is 3. The third-order valence-electron chi connectivity index (χ3n) is 4.92. The van der Waals surface area contributed by atoms with E-state index < -0.39 is 11.7 Å². The van der Waals surface area contributed by atoms with E-state index in [0.29, 0.717) is 29.9 Å². The maximum absolute atomic E-state index is 13.5. The number of hydrogen-bond donors (Lipinski definition) is 0. The predicted octanol–water partition coefficient (Wildman–Crippen LogP) is 3.34. The van der Waals surface area contributed by atoms with Crippen LogP contribution in [0.3, 0.4) is 0 Å². The van der Waals surface area contributed by atoms with Crippen molar-refractivity contribution in [2.24, 2.45) is 5.16 Å². The van der Waals surface area contributed by atoms with Crippen LogP contribution in [0.2, 0.25) is 0 Å². The van der Waals surface area contributed by atoms with E-state index in [-0.39, 0.29) is 23.7 Å². The van der Waals surface area contributed by atoms with Crippen molar-refractivity contribution in [1.29, 1.82) is 0 Å². The fraction of sp³-hybridized carbons (Fsp3) is 0.238. The van der Waals surface area contributed by atoms with Crippen LogP contribution in [0.15, 0.2) is 60.1 Å². The molecule has 7 nitrogen and oxygen atoms in total. The molecule has 3 aromatic rings. The van der Waals surface area contributed by atoms with E-state index in [4.69, 9.17) is 4.84 Å². The Kier molecular flexibility index (Phi) is 5.45. The van der Waals surface area contributed by atoms with Gasteiger partial charge in [0, 0.05) is 30.9 Å². The quantitative estimate of drug-likeness (QED) is 0.461. The highest BCUT2D eigenvalue weighted by atomic mass is 19.4. The molecule has 3 heterocycles. The van der Waals surface area contributed by atoms with Gasteiger partial charge in [-0.05, 0) is 18.2 Å². The van der Waals surface area contributed by atoms with E-state index in [1.807, 2.05) is 6.07 Å². The van der Waals surface area contributed by atoms with Gasteiger partial charge in [0.1, 0.15) is 12.8 Å². The number of hydrogen-bond acceptors (Lipinski definition) is 5. The highest BCUT2D eigenvalue weighted by Crippen LogP contribution is 2.32. The van der Waals surface area contributed by atoms with Crippen LogP contribution >= 0.6 is 0 Å². The third kappa shape index (κ3) is 4.14. The number of carbonyl (C=O) groups excluding carboxylic acids is 1. The van der Waals surface area contributed by atoms with Crippen molar-refractivity contribution in [1.82, 2.24) is 19.7 Å². The summed E-state index contributed by atoms with van der Waals surface area (Å²) in [6.45, 7) is 0.171. The molecule has 0 unspecified atom stereocenters. The maximum atomic E-state index is 13.5. The number of alkyl halides is 3. The molecule has 0 fully saturated rings. The van der Waals surface area contributed by atoms with Crippen LogP contribution in [0.5, 0.6) is 0 Å². The van der Waals surface area contributed by atoms with Crippen molar-refractivity contribution < 1.29 is 22.8 Å². The average Bonchev–Trinajstić information content (AvgIpc) is 3.20. The molecule has 0 saturated heterocycles. The summed E-state index contributed by atoms with van der Waals surface area (Å²) >= 11 is 0. The number of pyridine rings is 1. The Morgan fingerprint density at radius 3 is 2.74 bits per heavy atom. The van der Waals surface area contributed by atoms with E-state index in [1.165, 1.54) is 30.2 Å². The van der Waals surface area contributed by atoms with Crippen molar-refractivity contribution in [3.8, 4) is 5.69 Å². The molecule has 160 valence electrons. The number of aromatic nitrogens is 3. The normalized spacial score (nSPS) is 14.5. The van der Waals surface area contributed by atoms with Gasteiger partial charge in [0.2, 0.25) is 0 Å². The lowest BCUT2D eigenvalue weighted by atomic mass is 10.0. The molecule has 2 aromatic heterocycles. The Balaban J connectivity index is 1.62. The summed E-state index contributed by atoms with van der Waals surface area (Å²) < 4.78 is 42.0. The van der Waals surface area contributed by atoms with Gasteiger partial charge >= 0.3 is 6.18 Å². The van der Waals surface area contributed by atoms with Crippen molar-refractivity contribution >= 4 is 11.6 Å². The van der Waals surface area contributed by atoms with E-state index in [2.05, 4.69) is 15.2 Å². The zero-order chi connectivity index (χ0) is 22.0. The summed E-state index contributed by atoms with van der Waals surface area (Å²) in [6, 6.07) is 8.67. The number of amides is 1. The first-order chi connectivity index (χ1) is 14.9. The molecule has 10 heteroatoms. The van der Waals surface area contributed by atoms with Crippen LogP contribution < -0.4 is 0 Å². The predicted molar refractivity (Wildman–Crippen MR) is 106 cm³/mol. The minimum atomic E-state index is -4.56. The van der Waals surface area contributed by atoms with Gasteiger partial charge in [-0.3, -0.25) is 9.78 Å². The van der Waals surface area contributed by atoms with E-state index >= 15 is 0 Å². The molecule has 1 amide bonds. The van der Waals surface area contributed by atoms with Gasteiger partial charge in [-0.15, -0.1) is 0 Å². The molecule has 0 aliphatic carbocycles. The summed E-state index contributed by atoms with van der Waals surface area (Å²) in [4.78, 5) is 23.3. The Labute approximate surface area is 175 Å². The molecule has 1 aliphatic rings. The van der Waals surface area contributed by atoms with Gasteiger partial charge in [0.15, 0.2) is 0 Å². The summed E-state index contributed by atoms with van der Waals surface area (Å²) in [7, 11) is 1.25. The second-order valence-electron chi connectivity index (χ2n) is 6.89. The van der Waals surface area contributed by atoms with Crippen molar-refractivity contribution in [3.63, 3.8) is 0 Å². The number of rotatable bonds is 5. The molecule has 1 aromatic carbocycles. The average molecular weight is 429 g/mol. The van der Waals surface area contributed by atoms with E-state index in [9.17, 15) is 18.0 Å². The number of benzene rings is 1. The second-order valence-corrected chi connectivity index (χ2v) is 6.89. The Bertz CT molecular complexity index is 1130. The number of nitrogens with zero attached hydrogens (tertiary/aromatic N) is 5. The monoisotopic (exact) mass is 429 g/mol. The van der Waals surface area contributed by atoms with Crippen LogP contribution in [-0.4, -0.2) is 51.5 Å². The van der Waals surface area contributed by atoms with Crippen molar-refractivity contribution in [2.75, 3.05) is 20.2 Å². The lowest BCUT2D eigenvalue weighted by Gasteiger charge is -2.27. The van der Waals surface area contributed by atoms with Gasteiger partial charge in [0.05, 0.1) is 35.2 Å². The summed E-state index contributed by atoms with van der Waals surface area (Å²) in [5, 5.41) is 8.25. The molecular weight excluding hydrogens is 411 g/mol. The largest absolute Gasteiger partial charge is 0.417 e. The SMILES string of the molecule is CO/N=C(/CN1CCc2nn(-c3cccnc3)cc2C1=O)c1ccccc1C(F)(F)F. The number of carbonyl (C=O) groups is 1. The minimum absolute atomic E-state index is 0.0203. The molecule has 31 heavy (non-hydrogen) atoms. The van der Waals surface area contributed by atoms with E-state index in [1.54, 1.807) is 29.3 Å². The van der Waals surface area contributed by atoms with Crippen molar-refractivity contribution in [2.45, 2.75) is 12.6 Å². The Hall–Kier alpha value is -3.69. The molecule has 0 saturated carbocycles. The van der Waals surface area contributed by atoms with E-state index in [0.717, 1.165) is 6.07 Å². The maximum Gasteiger partial charge on any atom is 0.417 e. The molecule has 1 aliphatic heterocycles. The van der Waals surface area contributed by atoms with Gasteiger partial charge in [-0.25, -0.2) is 4.68 Å². The highest BCUT2D eigenvalue weighted by molar-refractivity contribution is 6.06. The molecular formula is C21H18F3N5O2. The lowest BCUT2D eigenvalue weighted by Crippen LogP contribution is -2.41. The van der Waals surface area contributed by atoms with Crippen LogP contribution in [0.25, 0.3) is 5.69 Å². The Morgan fingerprint density at radius 1 is 1.23 bits per heavy atom. The van der Waals surface area contributed by atoms with Crippen LogP contribution in [0, 0.1) is 0 Å². The molecule has 0 radical (unpaired) electrons. The zero-order valence-corrected chi connectivity index (χ0v) is 16.5. The zero-order valence-electron chi connectivity index (χ0n) is 16.5. The molecule has 0 spiro atoms. The first-order valence-electron chi connectivity index (χ1n) is 9.43. The van der Waals surface area contributed by atoms with Crippen molar-refractivity contribution in [3.05, 3.63) is 77.4 Å². The molecule has 4 rings (SSSR count). The third-order valence-corrected chi connectivity index (χ3v) is 4.92. The van der Waals surface area contributed by atoms with Crippen LogP contribution in [0.1, 0.15) is 27.2 Å². The highest BCUT2D eigenvalue weighted by Gasteiger charge is 2.35. The second kappa shape index (κ2) is 8.21. The summed E-state index contributed by atoms with van der Waals surface area (Å²) in [5.41, 5.74) is 0.799. The first kappa shape index (κ1) is 20.6. The van der Waals surface area contributed by atoms with Gasteiger partial charge in [0.25, 0.3) is 5.91 Å². The number of oxime groups is 1. The molecule has 0 N–H and O–H groups in total. The summed E-state index contributed by atoms with van der Waals surface area (Å²) in [5.74, 6) is -0.329. The van der Waals surface area contributed by atoms with Gasteiger partial charge < -0.3 is 9.74 Å². The van der Waals surface area contributed by atoms with Crippen LogP contribution in [0.4, 0.5) is 13.2 Å². The van der Waals surface area contributed by atoms with Gasteiger partial charge in [-0.2, -0.15) is 18.3 Å². The Morgan fingerprint density at radius 2 is 2.03 bits per heavy atom. The fourth-order valence-corrected chi connectivity index (χ4v) is 3.49. The van der Waals surface area contributed by atoms with Gasteiger partial charge in [-0.1, -0.05) is 23.4 Å². The minimum Gasteiger partial charge on any atom is -0.399 e. The molecule has 0 atom stereocenters. The smallest absolute Gasteiger partial charge is 0.399 e. The summed E-state index contributed by atoms with van der Waals surface area (Å²) in [6.07, 6.45) is 0.773. The van der Waals surface area contributed by atoms with Crippen LogP contribution in [-0.2, 0) is 17.4 Å². The standard InChI is InChI=1S/C21H18F3N5O2/c1-31-27-19(15-6-2-3-7-17(15)21(22,23)24)13-28-10-8-18-16(20(28)30)12-29(26-18)14-5-4-9-25-11-14/h2-7,9,11-12H,8,10,13H2,1H3/b27-19-. The fourth-order valence-electron chi connectivity index (χ4n) is 3.49.